The van der Waals surface area contributed by atoms with Crippen molar-refractivity contribution in [3.8, 4) is 22.9 Å². The number of carbonyl (C=O) groups is 2. The predicted octanol–water partition coefficient (Wildman–Crippen LogP) is 4.70. The van der Waals surface area contributed by atoms with Crippen molar-refractivity contribution >= 4 is 11.8 Å². The molecule has 0 aliphatic rings. The average molecular weight is 452 g/mol. The van der Waals surface area contributed by atoms with E-state index in [1.54, 1.807) is 38.5 Å². The van der Waals surface area contributed by atoms with Gasteiger partial charge in [0.25, 0.3) is 0 Å². The highest BCUT2D eigenvalue weighted by Crippen LogP contribution is 2.23. The summed E-state index contributed by atoms with van der Waals surface area (Å²) in [6.45, 7) is 3.90. The summed E-state index contributed by atoms with van der Waals surface area (Å²) >= 11 is 0. The molecule has 3 aromatic rings. The Morgan fingerprint density at radius 1 is 0.848 bits per heavy atom. The Labute approximate surface area is 193 Å². The van der Waals surface area contributed by atoms with Gasteiger partial charge in [0, 0.05) is 29.1 Å². The van der Waals surface area contributed by atoms with Gasteiger partial charge in [-0.1, -0.05) is 0 Å². The first kappa shape index (κ1) is 23.9. The molecule has 7 nitrogen and oxygen atoms in total. The number of Topliss-reactive ketones (excluding diaryl/α,β-unsaturated/α-hetero) is 1. The molecule has 7 heteroatoms. The van der Waals surface area contributed by atoms with Crippen LogP contribution < -0.4 is 14.2 Å². The summed E-state index contributed by atoms with van der Waals surface area (Å²) in [4.78, 5) is 24.7. The van der Waals surface area contributed by atoms with E-state index in [4.69, 9.17) is 18.9 Å². The van der Waals surface area contributed by atoms with Gasteiger partial charge in [-0.05, 0) is 74.9 Å². The highest BCUT2D eigenvalue weighted by Gasteiger charge is 2.18. The Balaban J connectivity index is 1.48. The number of hydrogen-bond acceptors (Lipinski definition) is 6. The highest BCUT2D eigenvalue weighted by molar-refractivity contribution is 5.99. The zero-order chi connectivity index (χ0) is 23.8. The minimum atomic E-state index is -0.425. The van der Waals surface area contributed by atoms with Gasteiger partial charge < -0.3 is 23.5 Å². The molecule has 1 heterocycles. The van der Waals surface area contributed by atoms with Gasteiger partial charge in [0.2, 0.25) is 5.78 Å². The lowest BCUT2D eigenvalue weighted by Gasteiger charge is -2.11. The normalized spacial score (nSPS) is 10.5. The van der Waals surface area contributed by atoms with E-state index >= 15 is 0 Å². The van der Waals surface area contributed by atoms with Crippen LogP contribution in [0.4, 0.5) is 0 Å². The first-order valence-corrected chi connectivity index (χ1v) is 10.7. The standard InChI is InChI=1S/C26H29NO6/c1-18-16-24(19(2)27(18)20-7-9-21(30-3)10-8-20)25(28)17-33-26(29)6-5-15-32-23-13-11-22(31-4)12-14-23/h7-14,16H,5-6,15,17H2,1-4H3. The van der Waals surface area contributed by atoms with Crippen LogP contribution in [-0.4, -0.2) is 43.8 Å². The molecular weight excluding hydrogens is 422 g/mol. The second-order valence-corrected chi connectivity index (χ2v) is 7.53. The molecule has 0 atom stereocenters. The minimum absolute atomic E-state index is 0.175. The molecule has 0 saturated heterocycles. The maximum atomic E-state index is 12.7. The zero-order valence-corrected chi connectivity index (χ0v) is 19.4. The molecule has 0 amide bonds. The van der Waals surface area contributed by atoms with Crippen LogP contribution in [0.15, 0.2) is 54.6 Å². The summed E-state index contributed by atoms with van der Waals surface area (Å²) in [7, 11) is 3.22. The Kier molecular flexibility index (Phi) is 8.13. The fourth-order valence-corrected chi connectivity index (χ4v) is 3.55. The molecule has 1 aromatic heterocycles. The smallest absolute Gasteiger partial charge is 0.306 e. The van der Waals surface area contributed by atoms with Gasteiger partial charge in [-0.3, -0.25) is 9.59 Å². The number of benzene rings is 2. The van der Waals surface area contributed by atoms with Gasteiger partial charge in [0.05, 0.1) is 20.8 Å². The number of methoxy groups -OCH3 is 2. The predicted molar refractivity (Wildman–Crippen MR) is 125 cm³/mol. The lowest BCUT2D eigenvalue weighted by atomic mass is 10.1. The number of ketones is 1. The molecule has 0 unspecified atom stereocenters. The lowest BCUT2D eigenvalue weighted by Crippen LogP contribution is -2.15. The molecule has 3 rings (SSSR count). The van der Waals surface area contributed by atoms with Gasteiger partial charge in [-0.25, -0.2) is 0 Å². The van der Waals surface area contributed by atoms with E-state index in [1.807, 2.05) is 48.7 Å². The van der Waals surface area contributed by atoms with Gasteiger partial charge >= 0.3 is 5.97 Å². The van der Waals surface area contributed by atoms with E-state index in [1.165, 1.54) is 0 Å². The maximum Gasteiger partial charge on any atom is 0.306 e. The van der Waals surface area contributed by atoms with Crippen LogP contribution in [0.3, 0.4) is 0 Å². The first-order chi connectivity index (χ1) is 15.9. The SMILES string of the molecule is COc1ccc(OCCCC(=O)OCC(=O)c2cc(C)n(-c3ccc(OC)cc3)c2C)cc1. The molecule has 0 bridgehead atoms. The number of ether oxygens (including phenoxy) is 4. The zero-order valence-electron chi connectivity index (χ0n) is 19.4. The van der Waals surface area contributed by atoms with Crippen molar-refractivity contribution in [2.45, 2.75) is 26.7 Å². The largest absolute Gasteiger partial charge is 0.497 e. The van der Waals surface area contributed by atoms with Crippen molar-refractivity contribution < 1.29 is 28.5 Å². The molecule has 0 N–H and O–H groups in total. The van der Waals surface area contributed by atoms with Crippen LogP contribution in [0, 0.1) is 13.8 Å². The Bertz CT molecular complexity index is 1080. The first-order valence-electron chi connectivity index (χ1n) is 10.7. The number of carbonyl (C=O) groups excluding carboxylic acids is 2. The number of hydrogen-bond donors (Lipinski definition) is 0. The van der Waals surface area contributed by atoms with Crippen LogP contribution in [-0.2, 0) is 9.53 Å². The summed E-state index contributed by atoms with van der Waals surface area (Å²) in [6.07, 6.45) is 0.666. The molecule has 174 valence electrons. The van der Waals surface area contributed by atoms with Crippen molar-refractivity contribution in [3.63, 3.8) is 0 Å². The monoisotopic (exact) mass is 451 g/mol. The van der Waals surface area contributed by atoms with Crippen LogP contribution in [0.5, 0.6) is 17.2 Å². The van der Waals surface area contributed by atoms with E-state index < -0.39 is 5.97 Å². The maximum absolute atomic E-state index is 12.7. The Hall–Kier alpha value is -3.74. The molecule has 33 heavy (non-hydrogen) atoms. The molecule has 0 aliphatic heterocycles. The summed E-state index contributed by atoms with van der Waals surface area (Å²) in [5.41, 5.74) is 3.19. The van der Waals surface area contributed by atoms with Crippen LogP contribution in [0.1, 0.15) is 34.6 Å². The summed E-state index contributed by atoms with van der Waals surface area (Å²) in [6, 6.07) is 16.6. The van der Waals surface area contributed by atoms with Gasteiger partial charge in [0.1, 0.15) is 17.2 Å². The highest BCUT2D eigenvalue weighted by atomic mass is 16.5. The van der Waals surface area contributed by atoms with Crippen molar-refractivity contribution in [3.05, 3.63) is 71.5 Å². The minimum Gasteiger partial charge on any atom is -0.497 e. The fraction of sp³-hybridized carbons (Fsp3) is 0.308. The van der Waals surface area contributed by atoms with Crippen LogP contribution in [0.25, 0.3) is 5.69 Å². The van der Waals surface area contributed by atoms with Gasteiger partial charge in [-0.2, -0.15) is 0 Å². The lowest BCUT2D eigenvalue weighted by molar-refractivity contribution is -0.142. The van der Waals surface area contributed by atoms with E-state index in [-0.39, 0.29) is 18.8 Å². The number of esters is 1. The topological polar surface area (TPSA) is 76.0 Å². The van der Waals surface area contributed by atoms with Gasteiger partial charge in [0.15, 0.2) is 6.61 Å². The number of aryl methyl sites for hydroxylation is 1. The van der Waals surface area contributed by atoms with Crippen molar-refractivity contribution in [2.24, 2.45) is 0 Å². The van der Waals surface area contributed by atoms with Crippen molar-refractivity contribution in [1.29, 1.82) is 0 Å². The van der Waals surface area contributed by atoms with Gasteiger partial charge in [-0.15, -0.1) is 0 Å². The van der Waals surface area contributed by atoms with Crippen LogP contribution >= 0.6 is 0 Å². The molecule has 0 saturated carbocycles. The molecular formula is C26H29NO6. The third-order valence-corrected chi connectivity index (χ3v) is 5.28. The summed E-state index contributed by atoms with van der Waals surface area (Å²) in [5.74, 6) is 1.56. The van der Waals surface area contributed by atoms with E-state index in [9.17, 15) is 9.59 Å². The second kappa shape index (κ2) is 11.2. The molecule has 0 fully saturated rings. The number of aromatic nitrogens is 1. The summed E-state index contributed by atoms with van der Waals surface area (Å²) in [5, 5.41) is 0. The summed E-state index contributed by atoms with van der Waals surface area (Å²) < 4.78 is 23.1. The average Bonchev–Trinajstić information content (AvgIpc) is 3.14. The molecule has 2 aromatic carbocycles. The molecule has 0 radical (unpaired) electrons. The molecule has 0 aliphatic carbocycles. The third kappa shape index (κ3) is 6.16. The van der Waals surface area contributed by atoms with Crippen molar-refractivity contribution in [1.82, 2.24) is 4.57 Å². The fourth-order valence-electron chi connectivity index (χ4n) is 3.55. The van der Waals surface area contributed by atoms with E-state index in [2.05, 4.69) is 0 Å². The van der Waals surface area contributed by atoms with Crippen molar-refractivity contribution in [2.75, 3.05) is 27.4 Å². The van der Waals surface area contributed by atoms with E-state index in [0.29, 0.717) is 24.3 Å². The number of rotatable bonds is 11. The third-order valence-electron chi connectivity index (χ3n) is 5.28. The van der Waals surface area contributed by atoms with E-state index in [0.717, 1.165) is 28.6 Å². The second-order valence-electron chi connectivity index (χ2n) is 7.53. The number of nitrogens with zero attached hydrogens (tertiary/aromatic N) is 1. The Morgan fingerprint density at radius 3 is 2.03 bits per heavy atom. The Morgan fingerprint density at radius 2 is 1.42 bits per heavy atom. The molecule has 0 spiro atoms. The quantitative estimate of drug-likeness (QED) is 0.239. The van der Waals surface area contributed by atoms with Crippen LogP contribution in [0.2, 0.25) is 0 Å².